The summed E-state index contributed by atoms with van der Waals surface area (Å²) in [5.74, 6) is 2.64. The number of rotatable bonds is 7. The highest BCUT2D eigenvalue weighted by Gasteiger charge is 2.29. The molecule has 1 aliphatic heterocycles. The van der Waals surface area contributed by atoms with E-state index in [0.717, 1.165) is 0 Å². The zero-order chi connectivity index (χ0) is 12.7. The van der Waals surface area contributed by atoms with Crippen molar-refractivity contribution in [1.29, 1.82) is 0 Å². The number of hydrogen-bond donors (Lipinski definition) is 1. The summed E-state index contributed by atoms with van der Waals surface area (Å²) in [7, 11) is 0. The van der Waals surface area contributed by atoms with Crippen LogP contribution in [0.2, 0.25) is 0 Å². The molecule has 0 saturated carbocycles. The van der Waals surface area contributed by atoms with Crippen LogP contribution < -0.4 is 5.32 Å². The molecule has 1 rings (SSSR count). The van der Waals surface area contributed by atoms with Crippen LogP contribution in [0.5, 0.6) is 0 Å². The molecule has 1 heterocycles. The zero-order valence-electron chi connectivity index (χ0n) is 12.1. The van der Waals surface area contributed by atoms with Crippen molar-refractivity contribution in [3.63, 3.8) is 0 Å². The molecule has 0 aliphatic carbocycles. The van der Waals surface area contributed by atoms with Crippen LogP contribution in [0.1, 0.15) is 40.5 Å². The molecule has 0 radical (unpaired) electrons. The van der Waals surface area contributed by atoms with E-state index in [4.69, 9.17) is 0 Å². The minimum Gasteiger partial charge on any atom is -0.314 e. The summed E-state index contributed by atoms with van der Waals surface area (Å²) in [5, 5.41) is 3.65. The van der Waals surface area contributed by atoms with Crippen LogP contribution in [0.15, 0.2) is 0 Å². The number of nitrogens with one attached hydrogen (secondary N) is 1. The maximum absolute atomic E-state index is 3.65. The lowest BCUT2D eigenvalue weighted by Gasteiger charge is -2.39. The fourth-order valence-electron chi connectivity index (χ4n) is 2.43. The molecule has 0 aromatic rings. The first-order valence-electron chi connectivity index (χ1n) is 7.15. The molecule has 3 heteroatoms. The highest BCUT2D eigenvalue weighted by molar-refractivity contribution is 7.99. The maximum Gasteiger partial charge on any atom is 0.00729 e. The molecule has 1 N–H and O–H groups in total. The van der Waals surface area contributed by atoms with Crippen LogP contribution in [-0.4, -0.2) is 48.6 Å². The average Bonchev–Trinajstić information content (AvgIpc) is 2.36. The van der Waals surface area contributed by atoms with E-state index < -0.39 is 0 Å². The second-order valence-electron chi connectivity index (χ2n) is 5.63. The predicted octanol–water partition coefficient (Wildman–Crippen LogP) is 2.84. The van der Waals surface area contributed by atoms with Crippen LogP contribution in [0.4, 0.5) is 0 Å². The Morgan fingerprint density at radius 3 is 2.24 bits per heavy atom. The van der Waals surface area contributed by atoms with E-state index in [2.05, 4.69) is 49.7 Å². The zero-order valence-corrected chi connectivity index (χ0v) is 12.9. The van der Waals surface area contributed by atoms with Crippen LogP contribution in [0.3, 0.4) is 0 Å². The van der Waals surface area contributed by atoms with E-state index >= 15 is 0 Å². The molecule has 0 spiro atoms. The third kappa shape index (κ3) is 5.19. The molecule has 1 fully saturated rings. The van der Waals surface area contributed by atoms with Crippen molar-refractivity contribution in [3.8, 4) is 0 Å². The summed E-state index contributed by atoms with van der Waals surface area (Å²) >= 11 is 2.10. The van der Waals surface area contributed by atoms with Crippen molar-refractivity contribution in [2.45, 2.75) is 46.6 Å². The van der Waals surface area contributed by atoms with Crippen LogP contribution in [0, 0.1) is 5.41 Å². The van der Waals surface area contributed by atoms with Gasteiger partial charge < -0.3 is 10.2 Å². The van der Waals surface area contributed by atoms with Gasteiger partial charge in [0.15, 0.2) is 0 Å². The molecule has 1 aliphatic rings. The molecule has 2 nitrogen and oxygen atoms in total. The fourth-order valence-corrected chi connectivity index (χ4v) is 3.41. The second-order valence-corrected chi connectivity index (χ2v) is 6.86. The van der Waals surface area contributed by atoms with E-state index in [1.165, 1.54) is 50.5 Å². The number of hydrogen-bond acceptors (Lipinski definition) is 3. The lowest BCUT2D eigenvalue weighted by molar-refractivity contribution is 0.140. The molecule has 17 heavy (non-hydrogen) atoms. The summed E-state index contributed by atoms with van der Waals surface area (Å²) in [6.45, 7) is 14.2. The molecule has 0 bridgehead atoms. The molecular formula is C14H30N2S. The topological polar surface area (TPSA) is 15.3 Å². The maximum atomic E-state index is 3.65. The van der Waals surface area contributed by atoms with Gasteiger partial charge in [0.05, 0.1) is 0 Å². The Balaban J connectivity index is 2.49. The Morgan fingerprint density at radius 2 is 1.76 bits per heavy atom. The summed E-state index contributed by atoms with van der Waals surface area (Å²) in [4.78, 5) is 2.67. The van der Waals surface area contributed by atoms with Gasteiger partial charge in [-0.1, -0.05) is 27.7 Å². The Labute approximate surface area is 112 Å². The Kier molecular flexibility index (Phi) is 6.90. The summed E-state index contributed by atoms with van der Waals surface area (Å²) in [5.41, 5.74) is 0.478. The van der Waals surface area contributed by atoms with Gasteiger partial charge in [0.2, 0.25) is 0 Å². The number of nitrogens with zero attached hydrogens (tertiary/aromatic N) is 1. The van der Waals surface area contributed by atoms with Crippen molar-refractivity contribution >= 4 is 11.8 Å². The third-order valence-corrected chi connectivity index (χ3v) is 4.99. The van der Waals surface area contributed by atoms with Crippen molar-refractivity contribution in [3.05, 3.63) is 0 Å². The lowest BCUT2D eigenvalue weighted by atomic mass is 9.81. The van der Waals surface area contributed by atoms with Crippen molar-refractivity contribution in [2.24, 2.45) is 5.41 Å². The SMILES string of the molecule is CCC(CC)(CNC(C)C)CN1CCSCC1. The second kappa shape index (κ2) is 7.65. The van der Waals surface area contributed by atoms with Gasteiger partial charge in [0, 0.05) is 43.7 Å². The van der Waals surface area contributed by atoms with Crippen molar-refractivity contribution < 1.29 is 0 Å². The monoisotopic (exact) mass is 258 g/mol. The molecule has 0 unspecified atom stereocenters. The van der Waals surface area contributed by atoms with Crippen LogP contribution in [0.25, 0.3) is 0 Å². The van der Waals surface area contributed by atoms with Gasteiger partial charge >= 0.3 is 0 Å². The first kappa shape index (κ1) is 15.3. The third-order valence-electron chi connectivity index (χ3n) is 4.05. The van der Waals surface area contributed by atoms with Gasteiger partial charge in [-0.15, -0.1) is 0 Å². The molecule has 0 amide bonds. The summed E-state index contributed by atoms with van der Waals surface area (Å²) < 4.78 is 0. The van der Waals surface area contributed by atoms with E-state index in [9.17, 15) is 0 Å². The van der Waals surface area contributed by atoms with Crippen LogP contribution >= 0.6 is 11.8 Å². The standard InChI is InChI=1S/C14H30N2S/c1-5-14(6-2,11-15-13(3)4)12-16-7-9-17-10-8-16/h13,15H,5-12H2,1-4H3. The van der Waals surface area contributed by atoms with Gasteiger partial charge in [0.1, 0.15) is 0 Å². The fraction of sp³-hybridized carbons (Fsp3) is 1.00. The minimum atomic E-state index is 0.478. The van der Waals surface area contributed by atoms with Crippen molar-refractivity contribution in [1.82, 2.24) is 10.2 Å². The van der Waals surface area contributed by atoms with E-state index in [0.29, 0.717) is 11.5 Å². The van der Waals surface area contributed by atoms with Gasteiger partial charge in [-0.3, -0.25) is 0 Å². The minimum absolute atomic E-state index is 0.478. The number of thioether (sulfide) groups is 1. The first-order chi connectivity index (χ1) is 8.12. The molecular weight excluding hydrogens is 228 g/mol. The van der Waals surface area contributed by atoms with Gasteiger partial charge in [-0.2, -0.15) is 11.8 Å². The van der Waals surface area contributed by atoms with E-state index in [-0.39, 0.29) is 0 Å². The van der Waals surface area contributed by atoms with E-state index in [1.807, 2.05) is 0 Å². The quantitative estimate of drug-likeness (QED) is 0.756. The average molecular weight is 258 g/mol. The normalized spacial score (nSPS) is 18.9. The van der Waals surface area contributed by atoms with Gasteiger partial charge in [-0.25, -0.2) is 0 Å². The predicted molar refractivity (Wildman–Crippen MR) is 79.9 cm³/mol. The van der Waals surface area contributed by atoms with E-state index in [1.54, 1.807) is 0 Å². The molecule has 0 aromatic heterocycles. The summed E-state index contributed by atoms with van der Waals surface area (Å²) in [6, 6.07) is 0.601. The molecule has 102 valence electrons. The Morgan fingerprint density at radius 1 is 1.18 bits per heavy atom. The largest absolute Gasteiger partial charge is 0.314 e. The van der Waals surface area contributed by atoms with Gasteiger partial charge in [-0.05, 0) is 18.3 Å². The molecule has 0 aromatic carbocycles. The Bertz CT molecular complexity index is 196. The highest BCUT2D eigenvalue weighted by Crippen LogP contribution is 2.28. The Hall–Kier alpha value is 0.270. The lowest BCUT2D eigenvalue weighted by Crippen LogP contribution is -2.47. The first-order valence-corrected chi connectivity index (χ1v) is 8.31. The van der Waals surface area contributed by atoms with Gasteiger partial charge in [0.25, 0.3) is 0 Å². The highest BCUT2D eigenvalue weighted by atomic mass is 32.2. The van der Waals surface area contributed by atoms with Crippen LogP contribution in [-0.2, 0) is 0 Å². The molecule has 0 atom stereocenters. The van der Waals surface area contributed by atoms with Crippen molar-refractivity contribution in [2.75, 3.05) is 37.7 Å². The smallest absolute Gasteiger partial charge is 0.00729 e. The summed E-state index contributed by atoms with van der Waals surface area (Å²) in [6.07, 6.45) is 2.57. The molecule has 1 saturated heterocycles.